The number of carbonyl (C=O) groups is 13. The maximum Gasteiger partial charge on any atom is 0.245 e. The Labute approximate surface area is 615 Å². The van der Waals surface area contributed by atoms with Gasteiger partial charge in [0, 0.05) is 68.8 Å². The quantitative estimate of drug-likeness (QED) is 0.0134. The van der Waals surface area contributed by atoms with Crippen LogP contribution in [0.15, 0.2) is 96.1 Å². The highest BCUT2D eigenvalue weighted by molar-refractivity contribution is 7.98. The van der Waals surface area contributed by atoms with Crippen LogP contribution in [0.2, 0.25) is 0 Å². The molecule has 1 unspecified atom stereocenters. The van der Waals surface area contributed by atoms with Crippen molar-refractivity contribution in [3.8, 4) is 0 Å². The van der Waals surface area contributed by atoms with Crippen LogP contribution in [0.4, 0.5) is 0 Å². The van der Waals surface area contributed by atoms with Gasteiger partial charge in [0.2, 0.25) is 76.8 Å². The van der Waals surface area contributed by atoms with Gasteiger partial charge >= 0.3 is 0 Å². The molecule has 3 heterocycles. The molecule has 0 saturated carbocycles. The number of H-pyrrole nitrogens is 1. The predicted octanol–water partition coefficient (Wildman–Crippen LogP) is -1.62. The number of benzene rings is 3. The zero-order valence-corrected chi connectivity index (χ0v) is 60.8. The zero-order valence-electron chi connectivity index (χ0n) is 60.0. The Kier molecular flexibility index (Phi) is 34.0. The van der Waals surface area contributed by atoms with Crippen molar-refractivity contribution >= 4 is 105 Å². The minimum atomic E-state index is -1.67. The minimum Gasteiger partial charge on any atom is -0.370 e. The second-order valence-electron chi connectivity index (χ2n) is 27.0. The molecule has 2 fully saturated rings. The van der Waals surface area contributed by atoms with E-state index in [0.717, 1.165) is 10.9 Å². The number of para-hydroxylation sites is 1. The summed E-state index contributed by atoms with van der Waals surface area (Å²) in [5, 5.41) is 22.7. The second kappa shape index (κ2) is 42.6. The second-order valence-corrected chi connectivity index (χ2v) is 28.0. The monoisotopic (exact) mass is 1480 g/mol. The lowest BCUT2D eigenvalue weighted by Gasteiger charge is -2.32. The molecule has 0 bridgehead atoms. The molecular formula is C72H105N19O13S. The molecule has 572 valence electrons. The molecule has 32 nitrogen and oxygen atoms in total. The third-order valence-electron chi connectivity index (χ3n) is 18.3. The first-order chi connectivity index (χ1) is 50.2. The van der Waals surface area contributed by atoms with Gasteiger partial charge in [0.15, 0.2) is 5.96 Å². The Morgan fingerprint density at radius 3 is 1.48 bits per heavy atom. The highest BCUT2D eigenvalue weighted by Gasteiger charge is 2.43. The molecule has 0 aliphatic carbocycles. The average Bonchev–Trinajstić information content (AvgIpc) is 1.48. The minimum absolute atomic E-state index is 0.0660. The van der Waals surface area contributed by atoms with E-state index in [1.54, 1.807) is 72.9 Å². The number of likely N-dealkylation sites (tertiary alicyclic amines) is 2. The molecule has 105 heavy (non-hydrogen) atoms. The van der Waals surface area contributed by atoms with Crippen molar-refractivity contribution in [3.05, 3.63) is 108 Å². The number of aromatic amines is 1. The number of hydrogen-bond donors (Lipinski definition) is 16. The van der Waals surface area contributed by atoms with Crippen LogP contribution in [0, 0.1) is 5.92 Å². The molecule has 0 spiro atoms. The van der Waals surface area contributed by atoms with Gasteiger partial charge in [-0.25, -0.2) is 0 Å². The summed E-state index contributed by atoms with van der Waals surface area (Å²) < 4.78 is 0. The standard InChI is InChI=1S/C72H105N19O13S/c1-42(2)37-53(64(97)82-49(61(77)94)31-36-105-3)86-67(100)56(40-45-41-81-48-23-11-10-21-46(45)48)89-66(99)55(39-44-19-8-5-9-20-44)88-65(98)54(38-43-17-6-4-7-18-43)87-63(96)50(27-29-59(75)92)83-62(95)51(28-30-60(76)93)84-68(101)58-26-16-35-91(58)71(104)52(24-12-13-32-73)85-69(102)57-25-15-34-90(57)70(103)47(74)22-14-33-80-72(78)79/h4-11,17-21,23,41-42,47,49-58,81H,12-16,22,24-40,73-74H2,1-3H3,(H2,75,92)(H2,76,93)(H2,77,94)(H,82,97)(H,83,95)(H,84,101)(H,85,102)(H,86,100)(H,87,96)(H,88,98)(H,89,99)(H4,78,79,80)/t47-,49-,50-,51-,52-,53?,54+,55-,56+,57+,58-/m0/s1. The van der Waals surface area contributed by atoms with Gasteiger partial charge < -0.3 is 97.5 Å². The van der Waals surface area contributed by atoms with Crippen LogP contribution in [0.3, 0.4) is 0 Å². The molecule has 2 aliphatic rings. The number of nitrogens with one attached hydrogen (secondary N) is 9. The molecule has 33 heteroatoms. The van der Waals surface area contributed by atoms with E-state index < -0.39 is 169 Å². The van der Waals surface area contributed by atoms with Gasteiger partial charge in [0.25, 0.3) is 0 Å². The fraction of sp³-hybridized carbons (Fsp3) is 0.528. The highest BCUT2D eigenvalue weighted by atomic mass is 32.2. The van der Waals surface area contributed by atoms with Gasteiger partial charge in [0.05, 0.1) is 6.04 Å². The fourth-order valence-corrected chi connectivity index (χ4v) is 13.2. The number of aromatic nitrogens is 1. The number of primary amides is 3. The summed E-state index contributed by atoms with van der Waals surface area (Å²) in [7, 11) is 0. The lowest BCUT2D eigenvalue weighted by atomic mass is 9.99. The third-order valence-corrected chi connectivity index (χ3v) is 19.0. The summed E-state index contributed by atoms with van der Waals surface area (Å²) >= 11 is 1.45. The van der Waals surface area contributed by atoms with Crippen LogP contribution in [0.1, 0.15) is 127 Å². The number of unbranched alkanes of at least 4 members (excludes halogenated alkanes) is 1. The maximum atomic E-state index is 15.2. The van der Waals surface area contributed by atoms with Crippen LogP contribution in [-0.4, -0.2) is 202 Å². The lowest BCUT2D eigenvalue weighted by Crippen LogP contribution is -2.61. The third kappa shape index (κ3) is 26.8. The number of fused-ring (bicyclic) bond motifs is 1. The van der Waals surface area contributed by atoms with Crippen molar-refractivity contribution in [2.75, 3.05) is 38.2 Å². The Bertz CT molecular complexity index is 3650. The average molecular weight is 1480 g/mol. The van der Waals surface area contributed by atoms with Crippen LogP contribution < -0.4 is 82.7 Å². The van der Waals surface area contributed by atoms with Crippen LogP contribution >= 0.6 is 11.8 Å². The Hall–Kier alpha value is -10.1. The molecule has 2 aliphatic heterocycles. The fourth-order valence-electron chi connectivity index (χ4n) is 12.8. The number of thioether (sulfide) groups is 1. The van der Waals surface area contributed by atoms with Crippen molar-refractivity contribution in [2.24, 2.45) is 51.0 Å². The zero-order chi connectivity index (χ0) is 76.7. The van der Waals surface area contributed by atoms with Crippen molar-refractivity contribution in [1.29, 1.82) is 0 Å². The molecule has 13 amide bonds. The van der Waals surface area contributed by atoms with Gasteiger partial charge in [-0.1, -0.05) is 92.7 Å². The number of hydrogen-bond acceptors (Lipinski definition) is 17. The van der Waals surface area contributed by atoms with E-state index in [1.807, 2.05) is 38.3 Å². The molecule has 1 aromatic heterocycles. The SMILES string of the molecule is CSCC[C@H](NC(=O)C(CC(C)C)NC(=O)[C@@H](Cc1c[nH]c2ccccc12)NC(=O)[C@H](Cc1ccccc1)NC(=O)[C@@H](Cc1ccccc1)NC(=O)[C@H](CCC(N)=O)NC(=O)[C@H](CCC(N)=O)NC(=O)[C@@H]1CCCN1C(=O)[C@H](CCCCN)NC(=O)[C@H]1CCCN1C(=O)[C@@H](N)CCCN=C(N)N)C(N)=O. The molecule has 23 N–H and O–H groups in total. The van der Waals surface area contributed by atoms with E-state index in [2.05, 4.69) is 52.5 Å². The first kappa shape index (κ1) is 83.8. The number of nitrogens with two attached hydrogens (primary N) is 7. The smallest absolute Gasteiger partial charge is 0.245 e. The first-order valence-electron chi connectivity index (χ1n) is 35.7. The van der Waals surface area contributed by atoms with Crippen molar-refractivity contribution < 1.29 is 62.3 Å². The van der Waals surface area contributed by atoms with Gasteiger partial charge in [-0.05, 0) is 131 Å². The normalized spacial score (nSPS) is 16.7. The summed E-state index contributed by atoms with van der Waals surface area (Å²) in [6.45, 7) is 4.53. The predicted molar refractivity (Wildman–Crippen MR) is 397 cm³/mol. The molecule has 3 aromatic carbocycles. The summed E-state index contributed by atoms with van der Waals surface area (Å²) in [6, 6.07) is 10.2. The van der Waals surface area contributed by atoms with Crippen molar-refractivity contribution in [1.82, 2.24) is 57.3 Å². The van der Waals surface area contributed by atoms with E-state index in [-0.39, 0.29) is 89.4 Å². The van der Waals surface area contributed by atoms with Gasteiger partial charge in [-0.2, -0.15) is 11.8 Å². The summed E-state index contributed by atoms with van der Waals surface area (Å²) in [5.41, 5.74) is 42.3. The van der Waals surface area contributed by atoms with E-state index in [4.69, 9.17) is 40.1 Å². The van der Waals surface area contributed by atoms with E-state index in [1.165, 1.54) is 21.6 Å². The summed E-state index contributed by atoms with van der Waals surface area (Å²) in [6.07, 6.45) is 4.46. The first-order valence-corrected chi connectivity index (χ1v) is 37.1. The van der Waals surface area contributed by atoms with Crippen LogP contribution in [0.5, 0.6) is 0 Å². The van der Waals surface area contributed by atoms with Crippen LogP contribution in [0.25, 0.3) is 10.9 Å². The maximum absolute atomic E-state index is 15.2. The number of nitrogens with zero attached hydrogens (tertiary/aromatic N) is 3. The molecular weight excluding hydrogens is 1370 g/mol. The molecule has 6 rings (SSSR count). The number of amides is 13. The van der Waals surface area contributed by atoms with Gasteiger partial charge in [-0.3, -0.25) is 67.3 Å². The molecule has 11 atom stereocenters. The van der Waals surface area contributed by atoms with Gasteiger partial charge in [-0.15, -0.1) is 0 Å². The Morgan fingerprint density at radius 2 is 0.971 bits per heavy atom. The van der Waals surface area contributed by atoms with E-state index >= 15 is 9.59 Å². The largest absolute Gasteiger partial charge is 0.370 e. The molecule has 0 radical (unpaired) electrons. The highest BCUT2D eigenvalue weighted by Crippen LogP contribution is 2.25. The van der Waals surface area contributed by atoms with Gasteiger partial charge in [0.1, 0.15) is 60.4 Å². The number of aliphatic imine (C=N–C) groups is 1. The number of guanidine groups is 1. The molecule has 2 saturated heterocycles. The topological polar surface area (TPSA) is 535 Å². The lowest BCUT2D eigenvalue weighted by molar-refractivity contribution is -0.144. The summed E-state index contributed by atoms with van der Waals surface area (Å²) in [5.74, 6) is -9.99. The Balaban J connectivity index is 1.25. The molecule has 4 aromatic rings. The van der Waals surface area contributed by atoms with Crippen molar-refractivity contribution in [2.45, 2.75) is 196 Å². The van der Waals surface area contributed by atoms with E-state index in [0.29, 0.717) is 61.0 Å². The summed E-state index contributed by atoms with van der Waals surface area (Å²) in [4.78, 5) is 193. The number of rotatable bonds is 44. The number of carbonyl (C=O) groups excluding carboxylic acids is 13. The van der Waals surface area contributed by atoms with Crippen molar-refractivity contribution in [3.63, 3.8) is 0 Å². The van der Waals surface area contributed by atoms with E-state index in [9.17, 15) is 52.7 Å². The Morgan fingerprint density at radius 1 is 0.514 bits per heavy atom. The van der Waals surface area contributed by atoms with Crippen LogP contribution in [-0.2, 0) is 81.6 Å².